The lowest BCUT2D eigenvalue weighted by molar-refractivity contribution is -0.0134. The molecule has 4 rings (SSSR count). The zero-order valence-electron chi connectivity index (χ0n) is 13.3. The Hall–Kier alpha value is -1.06. The van der Waals surface area contributed by atoms with Gasteiger partial charge in [0.2, 0.25) is 0 Å². The number of phenolic OH excluding ortho intramolecular Hbond substituents is 1. The Bertz CT molecular complexity index is 558. The fraction of sp³-hybridized carbons (Fsp3) is 0.684. The first kappa shape index (κ1) is 14.5. The maximum absolute atomic E-state index is 10.0. The number of hydrogen-bond donors (Lipinski definition) is 2. The van der Waals surface area contributed by atoms with Gasteiger partial charge < -0.3 is 10.2 Å². The molecule has 1 saturated heterocycles. The van der Waals surface area contributed by atoms with Crippen molar-refractivity contribution in [2.24, 2.45) is 5.92 Å². The highest BCUT2D eigenvalue weighted by Crippen LogP contribution is 2.56. The highest BCUT2D eigenvalue weighted by molar-refractivity contribution is 5.45. The number of phenols is 1. The van der Waals surface area contributed by atoms with Crippen LogP contribution in [0, 0.1) is 5.92 Å². The van der Waals surface area contributed by atoms with E-state index < -0.39 is 0 Å². The van der Waals surface area contributed by atoms with Crippen molar-refractivity contribution in [3.8, 4) is 5.75 Å². The lowest BCUT2D eigenvalue weighted by Crippen LogP contribution is -2.61. The van der Waals surface area contributed by atoms with Crippen LogP contribution in [-0.4, -0.2) is 40.9 Å². The van der Waals surface area contributed by atoms with Crippen LogP contribution in [-0.2, 0) is 11.8 Å². The summed E-state index contributed by atoms with van der Waals surface area (Å²) in [4.78, 5) is 2.64. The van der Waals surface area contributed by atoms with Crippen molar-refractivity contribution in [3.63, 3.8) is 0 Å². The topological polar surface area (TPSA) is 43.7 Å². The molecule has 1 aromatic carbocycles. The Morgan fingerprint density at radius 3 is 3.00 bits per heavy atom. The van der Waals surface area contributed by atoms with Gasteiger partial charge >= 0.3 is 0 Å². The van der Waals surface area contributed by atoms with Gasteiger partial charge in [0, 0.05) is 24.6 Å². The lowest BCUT2D eigenvalue weighted by Gasteiger charge is -2.59. The first-order chi connectivity index (χ1) is 10.7. The van der Waals surface area contributed by atoms with E-state index in [0.717, 1.165) is 31.8 Å². The van der Waals surface area contributed by atoms with Gasteiger partial charge in [0.1, 0.15) is 5.75 Å². The van der Waals surface area contributed by atoms with E-state index in [9.17, 15) is 10.2 Å². The number of aliphatic hydroxyl groups is 1. The van der Waals surface area contributed by atoms with Gasteiger partial charge in [-0.1, -0.05) is 18.9 Å². The highest BCUT2D eigenvalue weighted by Gasteiger charge is 2.53. The molecule has 3 nitrogen and oxygen atoms in total. The number of rotatable bonds is 3. The molecule has 22 heavy (non-hydrogen) atoms. The van der Waals surface area contributed by atoms with Gasteiger partial charge in [-0.2, -0.15) is 0 Å². The number of hydrogen-bond acceptors (Lipinski definition) is 3. The molecule has 0 spiro atoms. The number of nitrogens with zero attached hydrogens (tertiary/aromatic N) is 1. The molecule has 1 saturated carbocycles. The van der Waals surface area contributed by atoms with Crippen molar-refractivity contribution in [2.45, 2.75) is 56.4 Å². The largest absolute Gasteiger partial charge is 0.508 e. The maximum atomic E-state index is 10.0. The van der Waals surface area contributed by atoms with Crippen molar-refractivity contribution in [2.75, 3.05) is 19.7 Å². The summed E-state index contributed by atoms with van der Waals surface area (Å²) >= 11 is 0. The Balaban J connectivity index is 1.75. The molecule has 3 atom stereocenters. The fourth-order valence-electron chi connectivity index (χ4n) is 5.62. The summed E-state index contributed by atoms with van der Waals surface area (Å²) in [5.74, 6) is 1.17. The van der Waals surface area contributed by atoms with Crippen LogP contribution in [0.15, 0.2) is 18.2 Å². The number of piperidine rings is 1. The van der Waals surface area contributed by atoms with E-state index in [1.807, 2.05) is 6.07 Å². The zero-order chi connectivity index (χ0) is 15.2. The summed E-state index contributed by atoms with van der Waals surface area (Å²) in [6.07, 6.45) is 8.52. The third-order valence-electron chi connectivity index (χ3n) is 6.54. The molecule has 2 N–H and O–H groups in total. The third-order valence-corrected chi connectivity index (χ3v) is 6.54. The second kappa shape index (κ2) is 5.54. The van der Waals surface area contributed by atoms with E-state index in [4.69, 9.17) is 0 Å². The molecule has 2 aliphatic carbocycles. The molecule has 120 valence electrons. The van der Waals surface area contributed by atoms with Gasteiger partial charge in [-0.25, -0.2) is 0 Å². The van der Waals surface area contributed by atoms with Crippen LogP contribution in [0.25, 0.3) is 0 Å². The second-order valence-electron chi connectivity index (χ2n) is 7.48. The SMILES string of the molecule is OCCCN1CC[C@@]23CCCC[C@H]2[C@@H]1Cc1ccc(O)cc13. The first-order valence-electron chi connectivity index (χ1n) is 8.92. The number of aromatic hydroxyl groups is 1. The Morgan fingerprint density at radius 1 is 1.23 bits per heavy atom. The van der Waals surface area contributed by atoms with Crippen LogP contribution in [0.4, 0.5) is 0 Å². The molecular formula is C19H27NO2. The molecule has 3 aliphatic rings. The average molecular weight is 301 g/mol. The van der Waals surface area contributed by atoms with Gasteiger partial charge in [0.05, 0.1) is 0 Å². The van der Waals surface area contributed by atoms with Gasteiger partial charge in [-0.05, 0) is 67.8 Å². The normalized spacial score (nSPS) is 34.0. The van der Waals surface area contributed by atoms with Gasteiger partial charge in [0.15, 0.2) is 0 Å². The predicted octanol–water partition coefficient (Wildman–Crippen LogP) is 2.83. The number of benzene rings is 1. The Morgan fingerprint density at radius 2 is 2.14 bits per heavy atom. The van der Waals surface area contributed by atoms with E-state index in [0.29, 0.717) is 23.8 Å². The summed E-state index contributed by atoms with van der Waals surface area (Å²) in [5, 5.41) is 19.2. The Labute approximate surface area is 133 Å². The summed E-state index contributed by atoms with van der Waals surface area (Å²) in [6.45, 7) is 2.47. The Kier molecular flexibility index (Phi) is 3.66. The van der Waals surface area contributed by atoms with Crippen molar-refractivity contribution in [1.82, 2.24) is 4.90 Å². The minimum Gasteiger partial charge on any atom is -0.508 e. The standard InChI is InChI=1S/C19H27NO2/c21-11-3-9-20-10-8-19-7-2-1-4-16(19)18(20)12-14-5-6-15(22)13-17(14)19/h5-6,13,16,18,21-22H,1-4,7-12H2/t16-,18-,19-/m0/s1. The molecule has 2 bridgehead atoms. The van der Waals surface area contributed by atoms with E-state index in [1.165, 1.54) is 43.2 Å². The van der Waals surface area contributed by atoms with Crippen LogP contribution in [0.1, 0.15) is 49.7 Å². The van der Waals surface area contributed by atoms with E-state index in [1.54, 1.807) is 0 Å². The zero-order valence-corrected chi connectivity index (χ0v) is 13.3. The molecule has 0 amide bonds. The third kappa shape index (κ3) is 2.10. The molecule has 0 unspecified atom stereocenters. The van der Waals surface area contributed by atoms with Crippen molar-refractivity contribution < 1.29 is 10.2 Å². The smallest absolute Gasteiger partial charge is 0.115 e. The van der Waals surface area contributed by atoms with Crippen LogP contribution >= 0.6 is 0 Å². The summed E-state index contributed by atoms with van der Waals surface area (Å²) in [6, 6.07) is 6.71. The molecule has 3 heteroatoms. The maximum Gasteiger partial charge on any atom is 0.115 e. The molecule has 1 aromatic rings. The minimum atomic E-state index is 0.295. The number of likely N-dealkylation sites (tertiary alicyclic amines) is 1. The molecule has 0 radical (unpaired) electrons. The minimum absolute atomic E-state index is 0.295. The number of aliphatic hydroxyl groups excluding tert-OH is 1. The van der Waals surface area contributed by atoms with Crippen LogP contribution < -0.4 is 0 Å². The number of fused-ring (bicyclic) bond motifs is 1. The van der Waals surface area contributed by atoms with Crippen LogP contribution in [0.2, 0.25) is 0 Å². The quantitative estimate of drug-likeness (QED) is 0.902. The molecule has 2 fully saturated rings. The predicted molar refractivity (Wildman–Crippen MR) is 87.1 cm³/mol. The second-order valence-corrected chi connectivity index (χ2v) is 7.48. The fourth-order valence-corrected chi connectivity index (χ4v) is 5.62. The van der Waals surface area contributed by atoms with E-state index >= 15 is 0 Å². The summed E-state index contributed by atoms with van der Waals surface area (Å²) in [5.41, 5.74) is 3.22. The highest BCUT2D eigenvalue weighted by atomic mass is 16.3. The monoisotopic (exact) mass is 301 g/mol. The average Bonchev–Trinajstić information content (AvgIpc) is 2.55. The molecule has 1 aliphatic heterocycles. The van der Waals surface area contributed by atoms with Gasteiger partial charge in [0.25, 0.3) is 0 Å². The summed E-state index contributed by atoms with van der Waals surface area (Å²) < 4.78 is 0. The molecule has 1 heterocycles. The van der Waals surface area contributed by atoms with E-state index in [2.05, 4.69) is 17.0 Å². The van der Waals surface area contributed by atoms with Crippen molar-refractivity contribution in [1.29, 1.82) is 0 Å². The van der Waals surface area contributed by atoms with Crippen molar-refractivity contribution >= 4 is 0 Å². The van der Waals surface area contributed by atoms with Gasteiger partial charge in [-0.3, -0.25) is 4.90 Å². The van der Waals surface area contributed by atoms with Crippen LogP contribution in [0.3, 0.4) is 0 Å². The first-order valence-corrected chi connectivity index (χ1v) is 8.92. The molecular weight excluding hydrogens is 274 g/mol. The summed E-state index contributed by atoms with van der Waals surface area (Å²) in [7, 11) is 0. The molecule has 0 aromatic heterocycles. The van der Waals surface area contributed by atoms with Gasteiger partial charge in [-0.15, -0.1) is 0 Å². The van der Waals surface area contributed by atoms with E-state index in [-0.39, 0.29) is 0 Å². The lowest BCUT2D eigenvalue weighted by atomic mass is 9.52. The van der Waals surface area contributed by atoms with Crippen molar-refractivity contribution in [3.05, 3.63) is 29.3 Å². The van der Waals surface area contributed by atoms with Crippen LogP contribution in [0.5, 0.6) is 5.75 Å².